The van der Waals surface area contributed by atoms with Gasteiger partial charge in [-0.25, -0.2) is 8.42 Å². The first-order valence-electron chi connectivity index (χ1n) is 9.87. The van der Waals surface area contributed by atoms with Crippen LogP contribution in [-0.2, 0) is 19.4 Å². The monoisotopic (exact) mass is 480 g/mol. The maximum Gasteiger partial charge on any atom is 0.227 e. The van der Waals surface area contributed by atoms with Gasteiger partial charge in [0.15, 0.2) is 9.84 Å². The lowest BCUT2D eigenvalue weighted by molar-refractivity contribution is -0.126. The number of hydrogen-bond acceptors (Lipinski definition) is 6. The minimum atomic E-state index is -3.29. The van der Waals surface area contributed by atoms with E-state index in [1.54, 1.807) is 31.2 Å². The average Bonchev–Trinajstić information content (AvgIpc) is 3.14. The van der Waals surface area contributed by atoms with E-state index >= 15 is 0 Å². The van der Waals surface area contributed by atoms with Crippen molar-refractivity contribution in [2.45, 2.75) is 24.3 Å². The zero-order valence-electron chi connectivity index (χ0n) is 18.2. The number of sulfone groups is 1. The number of methoxy groups -OCH3 is 2. The van der Waals surface area contributed by atoms with E-state index in [1.165, 1.54) is 31.3 Å². The van der Waals surface area contributed by atoms with Gasteiger partial charge in [0, 0.05) is 25.3 Å². The average molecular weight is 481 g/mol. The fourth-order valence-corrected chi connectivity index (χ4v) is 4.45. The number of nitrogens with zero attached hydrogens (tertiary/aromatic N) is 1. The van der Waals surface area contributed by atoms with Gasteiger partial charge in [-0.15, -0.1) is 0 Å². The Bertz CT molecular complexity index is 1130. The molecule has 0 saturated carbocycles. The second-order valence-electron chi connectivity index (χ2n) is 7.64. The summed E-state index contributed by atoms with van der Waals surface area (Å²) in [5, 5.41) is 3.23. The van der Waals surface area contributed by atoms with Crippen LogP contribution in [0.25, 0.3) is 0 Å². The van der Waals surface area contributed by atoms with Crippen molar-refractivity contribution < 1.29 is 27.5 Å². The van der Waals surface area contributed by atoms with Crippen molar-refractivity contribution in [3.05, 3.63) is 47.0 Å². The van der Waals surface area contributed by atoms with Crippen LogP contribution >= 0.6 is 11.6 Å². The summed E-state index contributed by atoms with van der Waals surface area (Å²) in [5.74, 6) is -0.191. The van der Waals surface area contributed by atoms with Crippen LogP contribution in [0.5, 0.6) is 11.5 Å². The molecule has 2 aromatic rings. The van der Waals surface area contributed by atoms with E-state index in [4.69, 9.17) is 21.1 Å². The molecule has 0 spiro atoms. The first-order valence-corrected chi connectivity index (χ1v) is 12.1. The number of halogens is 1. The van der Waals surface area contributed by atoms with Gasteiger partial charge in [-0.2, -0.15) is 0 Å². The molecular weight excluding hydrogens is 456 g/mol. The van der Waals surface area contributed by atoms with Crippen LogP contribution in [-0.4, -0.2) is 47.3 Å². The number of nitrogens with one attached hydrogen (secondary N) is 1. The van der Waals surface area contributed by atoms with Crippen LogP contribution in [0.3, 0.4) is 0 Å². The molecule has 1 aliphatic rings. The molecule has 2 atom stereocenters. The highest BCUT2D eigenvalue weighted by molar-refractivity contribution is 7.90. The Morgan fingerprint density at radius 3 is 2.34 bits per heavy atom. The van der Waals surface area contributed by atoms with Gasteiger partial charge in [0.25, 0.3) is 0 Å². The van der Waals surface area contributed by atoms with Crippen molar-refractivity contribution in [3.63, 3.8) is 0 Å². The maximum absolute atomic E-state index is 12.8. The zero-order chi connectivity index (χ0) is 23.6. The molecule has 3 rings (SSSR count). The number of amides is 2. The summed E-state index contributed by atoms with van der Waals surface area (Å²) < 4.78 is 33.8. The third-order valence-corrected chi connectivity index (χ3v) is 6.83. The molecular formula is C22H25ClN2O6S. The van der Waals surface area contributed by atoms with Gasteiger partial charge in [0.05, 0.1) is 41.8 Å². The van der Waals surface area contributed by atoms with E-state index in [9.17, 15) is 18.0 Å². The number of benzene rings is 2. The molecule has 2 aromatic carbocycles. The topological polar surface area (TPSA) is 102 Å². The van der Waals surface area contributed by atoms with Gasteiger partial charge in [0.1, 0.15) is 11.5 Å². The summed E-state index contributed by atoms with van der Waals surface area (Å²) in [6.07, 6.45) is 1.19. The summed E-state index contributed by atoms with van der Waals surface area (Å²) in [5.41, 5.74) is 1.23. The van der Waals surface area contributed by atoms with Crippen LogP contribution < -0.4 is 19.7 Å². The van der Waals surface area contributed by atoms with Crippen molar-refractivity contribution >= 4 is 38.9 Å². The summed E-state index contributed by atoms with van der Waals surface area (Å²) in [7, 11) is -0.328. The molecule has 8 nitrogen and oxygen atoms in total. The predicted molar refractivity (Wildman–Crippen MR) is 121 cm³/mol. The molecule has 1 aliphatic heterocycles. The van der Waals surface area contributed by atoms with Crippen LogP contribution in [0.2, 0.25) is 5.02 Å². The second-order valence-corrected chi connectivity index (χ2v) is 10.1. The largest absolute Gasteiger partial charge is 0.495 e. The molecule has 1 saturated heterocycles. The summed E-state index contributed by atoms with van der Waals surface area (Å²) in [4.78, 5) is 27.2. The van der Waals surface area contributed by atoms with Crippen molar-refractivity contribution in [2.75, 3.05) is 31.9 Å². The molecule has 10 heteroatoms. The van der Waals surface area contributed by atoms with Crippen LogP contribution in [0.4, 0.5) is 5.69 Å². The Morgan fingerprint density at radius 2 is 1.78 bits per heavy atom. The standard InChI is InChI=1S/C22H25ClN2O6S/c1-13(14-5-7-16(8-6-14)32(4,28)29)24-22(27)15-9-21(26)25(12-15)18-10-17(23)19(30-2)11-20(18)31-3/h5-8,10-11,13,15H,9,12H2,1-4H3,(H,24,27)/t13-,15+/m1/s1. The van der Waals surface area contributed by atoms with Gasteiger partial charge < -0.3 is 19.7 Å². The number of carbonyl (C=O) groups is 2. The third-order valence-electron chi connectivity index (χ3n) is 5.41. The Hall–Kier alpha value is -2.78. The van der Waals surface area contributed by atoms with Gasteiger partial charge >= 0.3 is 0 Å². The molecule has 1 N–H and O–H groups in total. The minimum Gasteiger partial charge on any atom is -0.495 e. The molecule has 0 aromatic heterocycles. The lowest BCUT2D eigenvalue weighted by Gasteiger charge is -2.21. The maximum atomic E-state index is 12.8. The Morgan fingerprint density at radius 1 is 1.16 bits per heavy atom. The van der Waals surface area contributed by atoms with Crippen LogP contribution in [0, 0.1) is 5.92 Å². The number of anilines is 1. The van der Waals surface area contributed by atoms with Gasteiger partial charge in [-0.3, -0.25) is 9.59 Å². The molecule has 172 valence electrons. The molecule has 1 heterocycles. The lowest BCUT2D eigenvalue weighted by atomic mass is 10.1. The number of hydrogen-bond donors (Lipinski definition) is 1. The van der Waals surface area contributed by atoms with Crippen molar-refractivity contribution in [1.29, 1.82) is 0 Å². The Balaban J connectivity index is 1.72. The highest BCUT2D eigenvalue weighted by Gasteiger charge is 2.37. The molecule has 1 fully saturated rings. The Labute approximate surface area is 192 Å². The third kappa shape index (κ3) is 4.99. The summed E-state index contributed by atoms with van der Waals surface area (Å²) in [6.45, 7) is 1.98. The van der Waals surface area contributed by atoms with Gasteiger partial charge in [-0.05, 0) is 30.7 Å². The van der Waals surface area contributed by atoms with E-state index < -0.39 is 15.8 Å². The highest BCUT2D eigenvalue weighted by Crippen LogP contribution is 2.40. The van der Waals surface area contributed by atoms with Crippen molar-refractivity contribution in [2.24, 2.45) is 5.92 Å². The summed E-state index contributed by atoms with van der Waals surface area (Å²) in [6, 6.07) is 9.17. The molecule has 32 heavy (non-hydrogen) atoms. The number of rotatable bonds is 7. The fraction of sp³-hybridized carbons (Fsp3) is 0.364. The molecule has 2 amide bonds. The van der Waals surface area contributed by atoms with Crippen molar-refractivity contribution in [3.8, 4) is 11.5 Å². The molecule has 0 aliphatic carbocycles. The van der Waals surface area contributed by atoms with Gasteiger partial charge in [0.2, 0.25) is 11.8 Å². The lowest BCUT2D eigenvalue weighted by Crippen LogP contribution is -2.34. The Kier molecular flexibility index (Phi) is 7.00. The first-order chi connectivity index (χ1) is 15.0. The fourth-order valence-electron chi connectivity index (χ4n) is 3.59. The zero-order valence-corrected chi connectivity index (χ0v) is 19.8. The van der Waals surface area contributed by atoms with E-state index in [-0.39, 0.29) is 35.7 Å². The first kappa shape index (κ1) is 23.9. The summed E-state index contributed by atoms with van der Waals surface area (Å²) >= 11 is 6.22. The van der Waals surface area contributed by atoms with E-state index in [0.717, 1.165) is 11.8 Å². The molecule has 0 radical (unpaired) electrons. The van der Waals surface area contributed by atoms with Gasteiger partial charge in [-0.1, -0.05) is 23.7 Å². The molecule has 0 unspecified atom stereocenters. The smallest absolute Gasteiger partial charge is 0.227 e. The van der Waals surface area contributed by atoms with Crippen LogP contribution in [0.15, 0.2) is 41.3 Å². The quantitative estimate of drug-likeness (QED) is 0.653. The predicted octanol–water partition coefficient (Wildman–Crippen LogP) is 2.99. The highest BCUT2D eigenvalue weighted by atomic mass is 35.5. The normalized spacial score (nSPS) is 17.2. The van der Waals surface area contributed by atoms with E-state index in [2.05, 4.69) is 5.32 Å². The molecule has 0 bridgehead atoms. The van der Waals surface area contributed by atoms with E-state index in [1.807, 2.05) is 0 Å². The van der Waals surface area contributed by atoms with E-state index in [0.29, 0.717) is 22.2 Å². The number of ether oxygens (including phenoxy) is 2. The van der Waals surface area contributed by atoms with Crippen molar-refractivity contribution in [1.82, 2.24) is 5.32 Å². The van der Waals surface area contributed by atoms with Crippen LogP contribution in [0.1, 0.15) is 24.9 Å². The minimum absolute atomic E-state index is 0.0539. The second kappa shape index (κ2) is 9.38. The number of carbonyl (C=O) groups excluding carboxylic acids is 2. The SMILES string of the molecule is COc1cc(OC)c(N2C[C@@H](C(=O)N[C@H](C)c3ccc(S(C)(=O)=O)cc3)CC2=O)cc1Cl.